The molecule has 0 aromatic heterocycles. The molecule has 0 aliphatic carbocycles. The van der Waals surface area contributed by atoms with Crippen molar-refractivity contribution in [2.24, 2.45) is 5.92 Å². The Morgan fingerprint density at radius 2 is 1.80 bits per heavy atom. The molecule has 20 heavy (non-hydrogen) atoms. The third kappa shape index (κ3) is 4.20. The number of nitrogens with one attached hydrogen (secondary N) is 1. The number of halogens is 1. The van der Waals surface area contributed by atoms with Crippen molar-refractivity contribution < 1.29 is 4.39 Å². The smallest absolute Gasteiger partial charge is 0.146 e. The molecule has 1 unspecified atom stereocenters. The van der Waals surface area contributed by atoms with Gasteiger partial charge in [0.05, 0.1) is 5.69 Å². The second kappa shape index (κ2) is 7.63. The van der Waals surface area contributed by atoms with E-state index < -0.39 is 0 Å². The minimum Gasteiger partial charge on any atom is -0.366 e. The largest absolute Gasteiger partial charge is 0.366 e. The molecule has 1 atom stereocenters. The summed E-state index contributed by atoms with van der Waals surface area (Å²) in [6.07, 6.45) is 0. The predicted molar refractivity (Wildman–Crippen MR) is 85.8 cm³/mol. The molecule has 114 valence electrons. The zero-order valence-electron chi connectivity index (χ0n) is 13.7. The van der Waals surface area contributed by atoms with E-state index in [0.717, 1.165) is 24.3 Å². The molecule has 0 bridgehead atoms. The summed E-state index contributed by atoms with van der Waals surface area (Å²) in [7, 11) is 0. The summed E-state index contributed by atoms with van der Waals surface area (Å²) in [5, 5.41) is 3.38. The van der Waals surface area contributed by atoms with Crippen LogP contribution in [-0.4, -0.2) is 19.1 Å². The molecule has 0 aliphatic rings. The topological polar surface area (TPSA) is 15.3 Å². The Kier molecular flexibility index (Phi) is 6.47. The van der Waals surface area contributed by atoms with Gasteiger partial charge in [-0.3, -0.25) is 0 Å². The van der Waals surface area contributed by atoms with Gasteiger partial charge in [0.2, 0.25) is 0 Å². The average molecular weight is 280 g/mol. The minimum absolute atomic E-state index is 0.124. The first-order chi connectivity index (χ1) is 9.38. The second-order valence-corrected chi connectivity index (χ2v) is 6.10. The Bertz CT molecular complexity index is 415. The van der Waals surface area contributed by atoms with Crippen LogP contribution in [0.1, 0.15) is 53.1 Å². The summed E-state index contributed by atoms with van der Waals surface area (Å²) in [5.41, 5.74) is 1.80. The van der Waals surface area contributed by atoms with Crippen LogP contribution in [0.25, 0.3) is 0 Å². The van der Waals surface area contributed by atoms with Gasteiger partial charge in [0.25, 0.3) is 0 Å². The maximum atomic E-state index is 14.4. The van der Waals surface area contributed by atoms with Crippen LogP contribution in [0.3, 0.4) is 0 Å². The first kappa shape index (κ1) is 17.0. The van der Waals surface area contributed by atoms with Gasteiger partial charge in [0.1, 0.15) is 5.82 Å². The van der Waals surface area contributed by atoms with Crippen molar-refractivity contribution in [3.63, 3.8) is 0 Å². The molecule has 0 saturated carbocycles. The lowest BCUT2D eigenvalue weighted by Crippen LogP contribution is -2.36. The van der Waals surface area contributed by atoms with Crippen molar-refractivity contribution in [2.75, 3.05) is 18.0 Å². The van der Waals surface area contributed by atoms with Crippen LogP contribution < -0.4 is 10.2 Å². The zero-order chi connectivity index (χ0) is 15.3. The van der Waals surface area contributed by atoms with Crippen molar-refractivity contribution in [1.82, 2.24) is 5.32 Å². The second-order valence-electron chi connectivity index (χ2n) is 6.10. The van der Waals surface area contributed by atoms with E-state index >= 15 is 0 Å². The Balaban J connectivity index is 3.24. The number of rotatable bonds is 7. The normalized spacial score (nSPS) is 13.1. The lowest BCUT2D eigenvalue weighted by molar-refractivity contribution is 0.534. The number of benzene rings is 1. The molecule has 0 fully saturated rings. The molecule has 3 heteroatoms. The van der Waals surface area contributed by atoms with Gasteiger partial charge in [-0.15, -0.1) is 0 Å². The SMILES string of the molecule is CCNC(C)c1cccc(F)c1N(CC(C)C)C(C)C. The number of hydrogen-bond acceptors (Lipinski definition) is 2. The van der Waals surface area contributed by atoms with E-state index in [2.05, 4.69) is 51.8 Å². The number of para-hydroxylation sites is 1. The third-order valence-corrected chi connectivity index (χ3v) is 3.47. The molecule has 1 rings (SSSR count). The highest BCUT2D eigenvalue weighted by atomic mass is 19.1. The highest BCUT2D eigenvalue weighted by Gasteiger charge is 2.21. The highest BCUT2D eigenvalue weighted by molar-refractivity contribution is 5.56. The van der Waals surface area contributed by atoms with Gasteiger partial charge in [-0.05, 0) is 44.9 Å². The maximum Gasteiger partial charge on any atom is 0.146 e. The van der Waals surface area contributed by atoms with E-state index in [-0.39, 0.29) is 17.9 Å². The first-order valence-corrected chi connectivity index (χ1v) is 7.66. The van der Waals surface area contributed by atoms with Gasteiger partial charge in [-0.1, -0.05) is 32.9 Å². The summed E-state index contributed by atoms with van der Waals surface area (Å²) in [5.74, 6) is 0.376. The highest BCUT2D eigenvalue weighted by Crippen LogP contribution is 2.31. The minimum atomic E-state index is -0.124. The van der Waals surface area contributed by atoms with E-state index in [1.54, 1.807) is 12.1 Å². The summed E-state index contributed by atoms with van der Waals surface area (Å²) in [6.45, 7) is 14.5. The van der Waals surface area contributed by atoms with Crippen molar-refractivity contribution in [3.05, 3.63) is 29.6 Å². The Hall–Kier alpha value is -1.09. The molecular formula is C17H29FN2. The van der Waals surface area contributed by atoms with Crippen LogP contribution in [0, 0.1) is 11.7 Å². The fourth-order valence-electron chi connectivity index (χ4n) is 2.55. The van der Waals surface area contributed by atoms with Crippen LogP contribution in [0.15, 0.2) is 18.2 Å². The molecule has 1 aromatic carbocycles. The summed E-state index contributed by atoms with van der Waals surface area (Å²) >= 11 is 0. The summed E-state index contributed by atoms with van der Waals surface area (Å²) in [4.78, 5) is 2.18. The summed E-state index contributed by atoms with van der Waals surface area (Å²) < 4.78 is 14.4. The molecule has 0 aliphatic heterocycles. The van der Waals surface area contributed by atoms with E-state index in [9.17, 15) is 4.39 Å². The number of anilines is 1. The molecular weight excluding hydrogens is 251 g/mol. The Morgan fingerprint density at radius 3 is 2.30 bits per heavy atom. The molecule has 0 saturated heterocycles. The third-order valence-electron chi connectivity index (χ3n) is 3.47. The van der Waals surface area contributed by atoms with Crippen LogP contribution in [-0.2, 0) is 0 Å². The van der Waals surface area contributed by atoms with Crippen molar-refractivity contribution in [3.8, 4) is 0 Å². The lowest BCUT2D eigenvalue weighted by Gasteiger charge is -2.34. The fraction of sp³-hybridized carbons (Fsp3) is 0.647. The van der Waals surface area contributed by atoms with Crippen molar-refractivity contribution >= 4 is 5.69 Å². The maximum absolute atomic E-state index is 14.4. The van der Waals surface area contributed by atoms with Gasteiger partial charge in [-0.25, -0.2) is 4.39 Å². The summed E-state index contributed by atoms with van der Waals surface area (Å²) in [6, 6.07) is 5.82. The zero-order valence-corrected chi connectivity index (χ0v) is 13.7. The van der Waals surface area contributed by atoms with E-state index in [1.165, 1.54) is 0 Å². The van der Waals surface area contributed by atoms with E-state index in [1.807, 2.05) is 6.07 Å². The fourth-order valence-corrected chi connectivity index (χ4v) is 2.55. The van der Waals surface area contributed by atoms with Gasteiger partial charge in [0.15, 0.2) is 0 Å². The van der Waals surface area contributed by atoms with E-state index in [4.69, 9.17) is 0 Å². The van der Waals surface area contributed by atoms with E-state index in [0.29, 0.717) is 5.92 Å². The molecule has 2 nitrogen and oxygen atoms in total. The molecule has 1 aromatic rings. The molecule has 0 spiro atoms. The van der Waals surface area contributed by atoms with Gasteiger partial charge in [-0.2, -0.15) is 0 Å². The van der Waals surface area contributed by atoms with Gasteiger partial charge < -0.3 is 10.2 Å². The first-order valence-electron chi connectivity index (χ1n) is 7.66. The van der Waals surface area contributed by atoms with Crippen LogP contribution in [0.2, 0.25) is 0 Å². The lowest BCUT2D eigenvalue weighted by atomic mass is 10.0. The molecule has 1 N–H and O–H groups in total. The number of nitrogens with zero attached hydrogens (tertiary/aromatic N) is 1. The Morgan fingerprint density at radius 1 is 1.15 bits per heavy atom. The van der Waals surface area contributed by atoms with Crippen LogP contribution in [0.4, 0.5) is 10.1 Å². The number of hydrogen-bond donors (Lipinski definition) is 1. The predicted octanol–water partition coefficient (Wildman–Crippen LogP) is 4.37. The Labute approximate surface area is 123 Å². The quantitative estimate of drug-likeness (QED) is 0.798. The van der Waals surface area contributed by atoms with Gasteiger partial charge in [0, 0.05) is 18.6 Å². The van der Waals surface area contributed by atoms with Gasteiger partial charge >= 0.3 is 0 Å². The van der Waals surface area contributed by atoms with Crippen molar-refractivity contribution in [2.45, 2.75) is 53.6 Å². The van der Waals surface area contributed by atoms with Crippen molar-refractivity contribution in [1.29, 1.82) is 0 Å². The average Bonchev–Trinajstić information content (AvgIpc) is 2.36. The standard InChI is InChI=1S/C17H29FN2/c1-7-19-14(6)15-9-8-10-16(18)17(15)20(13(4)5)11-12(2)3/h8-10,12-14,19H,7,11H2,1-6H3. The monoisotopic (exact) mass is 280 g/mol. The molecule has 0 amide bonds. The molecule has 0 radical (unpaired) electrons. The van der Waals surface area contributed by atoms with Crippen LogP contribution in [0.5, 0.6) is 0 Å². The van der Waals surface area contributed by atoms with Crippen LogP contribution >= 0.6 is 0 Å². The molecule has 0 heterocycles.